The molecule has 1 aliphatic heterocycles. The molecule has 0 saturated carbocycles. The van der Waals surface area contributed by atoms with Crippen molar-refractivity contribution in [2.75, 3.05) is 32.7 Å². The monoisotopic (exact) mass is 394 g/mol. The fraction of sp³-hybridized carbons (Fsp3) is 0.588. The molecule has 0 amide bonds. The molecule has 3 rings (SSSR count). The SMILES string of the molecule is CC(C)c1nc(S(=O)(=O)N2CCN(CCn3ncccc3=O)CC2)cn1C. The van der Waals surface area contributed by atoms with Gasteiger partial charge in [0.15, 0.2) is 5.03 Å². The predicted octanol–water partition coefficient (Wildman–Crippen LogP) is 0.107. The zero-order valence-corrected chi connectivity index (χ0v) is 16.8. The van der Waals surface area contributed by atoms with Crippen LogP contribution in [0.1, 0.15) is 25.6 Å². The number of aromatic nitrogens is 4. The number of piperazine rings is 1. The quantitative estimate of drug-likeness (QED) is 0.690. The lowest BCUT2D eigenvalue weighted by molar-refractivity contribution is 0.180. The molecule has 3 heterocycles. The van der Waals surface area contributed by atoms with E-state index in [1.54, 1.807) is 23.0 Å². The third kappa shape index (κ3) is 4.28. The molecule has 0 unspecified atom stereocenters. The third-order valence-electron chi connectivity index (χ3n) is 4.76. The Hall–Kier alpha value is -2.04. The fourth-order valence-electron chi connectivity index (χ4n) is 3.23. The van der Waals surface area contributed by atoms with Crippen molar-refractivity contribution in [3.8, 4) is 0 Å². The van der Waals surface area contributed by atoms with Crippen LogP contribution in [0.15, 0.2) is 34.3 Å². The highest BCUT2D eigenvalue weighted by molar-refractivity contribution is 7.89. The molecule has 0 bridgehead atoms. The second-order valence-corrected chi connectivity index (χ2v) is 8.92. The summed E-state index contributed by atoms with van der Waals surface area (Å²) in [5.41, 5.74) is -0.130. The average Bonchev–Trinajstić information content (AvgIpc) is 3.04. The number of sulfonamides is 1. The van der Waals surface area contributed by atoms with Crippen LogP contribution in [0, 0.1) is 0 Å². The summed E-state index contributed by atoms with van der Waals surface area (Å²) in [5, 5.41) is 4.16. The van der Waals surface area contributed by atoms with Crippen LogP contribution in [0.5, 0.6) is 0 Å². The molecule has 27 heavy (non-hydrogen) atoms. The van der Waals surface area contributed by atoms with Gasteiger partial charge in [0.25, 0.3) is 15.6 Å². The van der Waals surface area contributed by atoms with Crippen molar-refractivity contribution >= 4 is 10.0 Å². The topological polar surface area (TPSA) is 93.3 Å². The van der Waals surface area contributed by atoms with Gasteiger partial charge >= 0.3 is 0 Å². The Kier molecular flexibility index (Phi) is 5.78. The molecule has 9 nitrogen and oxygen atoms in total. The van der Waals surface area contributed by atoms with Gasteiger partial charge in [-0.2, -0.15) is 9.40 Å². The minimum absolute atomic E-state index is 0.113. The molecule has 0 N–H and O–H groups in total. The lowest BCUT2D eigenvalue weighted by atomic mass is 10.2. The van der Waals surface area contributed by atoms with Crippen molar-refractivity contribution < 1.29 is 8.42 Å². The normalized spacial score (nSPS) is 16.9. The average molecular weight is 395 g/mol. The first-order chi connectivity index (χ1) is 12.8. The van der Waals surface area contributed by atoms with E-state index in [1.165, 1.54) is 15.1 Å². The van der Waals surface area contributed by atoms with E-state index in [1.807, 2.05) is 20.9 Å². The highest BCUT2D eigenvalue weighted by atomic mass is 32.2. The maximum Gasteiger partial charge on any atom is 0.266 e. The summed E-state index contributed by atoms with van der Waals surface area (Å²) in [6.45, 7) is 7.18. The van der Waals surface area contributed by atoms with Crippen molar-refractivity contribution in [3.05, 3.63) is 40.7 Å². The predicted molar refractivity (Wildman–Crippen MR) is 101 cm³/mol. The first-order valence-electron chi connectivity index (χ1n) is 9.07. The molecular weight excluding hydrogens is 368 g/mol. The lowest BCUT2D eigenvalue weighted by Gasteiger charge is -2.33. The first-order valence-corrected chi connectivity index (χ1v) is 10.5. The zero-order valence-electron chi connectivity index (χ0n) is 15.9. The van der Waals surface area contributed by atoms with E-state index in [0.29, 0.717) is 39.3 Å². The van der Waals surface area contributed by atoms with E-state index in [-0.39, 0.29) is 16.5 Å². The number of rotatable bonds is 6. The molecule has 0 aliphatic carbocycles. The number of aryl methyl sites for hydroxylation is 1. The zero-order chi connectivity index (χ0) is 19.6. The minimum Gasteiger partial charge on any atom is -0.336 e. The largest absolute Gasteiger partial charge is 0.336 e. The van der Waals surface area contributed by atoms with Gasteiger partial charge in [-0.1, -0.05) is 13.8 Å². The van der Waals surface area contributed by atoms with Gasteiger partial charge in [0.2, 0.25) is 0 Å². The summed E-state index contributed by atoms with van der Waals surface area (Å²) in [6.07, 6.45) is 3.18. The molecule has 148 valence electrons. The van der Waals surface area contributed by atoms with Gasteiger partial charge in [0.05, 0.1) is 6.54 Å². The van der Waals surface area contributed by atoms with E-state index < -0.39 is 10.0 Å². The maximum absolute atomic E-state index is 12.9. The molecule has 1 aliphatic rings. The minimum atomic E-state index is -3.59. The summed E-state index contributed by atoms with van der Waals surface area (Å²) in [5.74, 6) is 0.916. The van der Waals surface area contributed by atoms with Gasteiger partial charge in [0.1, 0.15) is 5.82 Å². The second kappa shape index (κ2) is 7.91. The summed E-state index contributed by atoms with van der Waals surface area (Å²) >= 11 is 0. The maximum atomic E-state index is 12.9. The molecule has 10 heteroatoms. The van der Waals surface area contributed by atoms with Crippen molar-refractivity contribution in [2.24, 2.45) is 7.05 Å². The number of hydrogen-bond acceptors (Lipinski definition) is 6. The molecule has 0 spiro atoms. The van der Waals surface area contributed by atoms with Crippen molar-refractivity contribution in [3.63, 3.8) is 0 Å². The van der Waals surface area contributed by atoms with E-state index in [2.05, 4.69) is 15.0 Å². The number of hydrogen-bond donors (Lipinski definition) is 0. The Morgan fingerprint density at radius 2 is 1.85 bits per heavy atom. The van der Waals surface area contributed by atoms with Crippen molar-refractivity contribution in [1.82, 2.24) is 28.5 Å². The van der Waals surface area contributed by atoms with Gasteiger partial charge < -0.3 is 4.57 Å². The van der Waals surface area contributed by atoms with Crippen LogP contribution in [-0.4, -0.2) is 69.7 Å². The van der Waals surface area contributed by atoms with Crippen molar-refractivity contribution in [1.29, 1.82) is 0 Å². The van der Waals surface area contributed by atoms with Crippen molar-refractivity contribution in [2.45, 2.75) is 31.3 Å². The standard InChI is InChI=1S/C17H26N6O3S/c1-14(2)17-19-15(13-20(17)3)27(25,26)22-10-7-21(8-11-22)9-12-23-16(24)5-4-6-18-23/h4-6,13-14H,7-12H2,1-3H3. The fourth-order valence-corrected chi connectivity index (χ4v) is 4.64. The van der Waals surface area contributed by atoms with Crippen LogP contribution in [0.4, 0.5) is 0 Å². The van der Waals surface area contributed by atoms with Crippen LogP contribution >= 0.6 is 0 Å². The summed E-state index contributed by atoms with van der Waals surface area (Å²) in [6, 6.07) is 3.10. The highest BCUT2D eigenvalue weighted by Crippen LogP contribution is 2.20. The highest BCUT2D eigenvalue weighted by Gasteiger charge is 2.31. The Labute approximate surface area is 159 Å². The van der Waals surface area contributed by atoms with Crippen LogP contribution in [0.2, 0.25) is 0 Å². The van der Waals surface area contributed by atoms with Crippen LogP contribution in [0.3, 0.4) is 0 Å². The second-order valence-electron chi connectivity index (χ2n) is 7.03. The Morgan fingerprint density at radius 1 is 1.15 bits per heavy atom. The Morgan fingerprint density at radius 3 is 2.44 bits per heavy atom. The van der Waals surface area contributed by atoms with E-state index in [9.17, 15) is 13.2 Å². The first kappa shape index (κ1) is 19.7. The van der Waals surface area contributed by atoms with E-state index >= 15 is 0 Å². The Balaban J connectivity index is 1.60. The van der Waals surface area contributed by atoms with E-state index in [0.717, 1.165) is 5.82 Å². The van der Waals surface area contributed by atoms with Crippen LogP contribution in [-0.2, 0) is 23.6 Å². The lowest BCUT2D eigenvalue weighted by Crippen LogP contribution is -2.49. The molecule has 0 atom stereocenters. The summed E-state index contributed by atoms with van der Waals surface area (Å²) in [7, 11) is -1.77. The van der Waals surface area contributed by atoms with Crippen LogP contribution < -0.4 is 5.56 Å². The molecule has 1 fully saturated rings. The summed E-state index contributed by atoms with van der Waals surface area (Å²) < 4.78 is 30.5. The molecule has 2 aromatic rings. The smallest absolute Gasteiger partial charge is 0.266 e. The molecule has 1 saturated heterocycles. The van der Waals surface area contributed by atoms with E-state index in [4.69, 9.17) is 0 Å². The number of imidazole rings is 1. The Bertz CT molecular complexity index is 942. The molecule has 0 aromatic carbocycles. The third-order valence-corrected chi connectivity index (χ3v) is 6.53. The van der Waals surface area contributed by atoms with Gasteiger partial charge in [-0.15, -0.1) is 0 Å². The molecule has 2 aromatic heterocycles. The molecular formula is C17H26N6O3S. The number of nitrogens with zero attached hydrogens (tertiary/aromatic N) is 6. The van der Waals surface area contributed by atoms with Gasteiger partial charge in [0, 0.05) is 64.1 Å². The molecule has 0 radical (unpaired) electrons. The summed E-state index contributed by atoms with van der Waals surface area (Å²) in [4.78, 5) is 18.2. The van der Waals surface area contributed by atoms with Gasteiger partial charge in [-0.3, -0.25) is 9.69 Å². The van der Waals surface area contributed by atoms with Gasteiger partial charge in [-0.05, 0) is 6.07 Å². The van der Waals surface area contributed by atoms with Crippen LogP contribution in [0.25, 0.3) is 0 Å². The van der Waals surface area contributed by atoms with Gasteiger partial charge in [-0.25, -0.2) is 18.1 Å².